The summed E-state index contributed by atoms with van der Waals surface area (Å²) >= 11 is 5.00. The van der Waals surface area contributed by atoms with Crippen molar-refractivity contribution in [3.63, 3.8) is 0 Å². The first-order valence-electron chi connectivity index (χ1n) is 8.68. The van der Waals surface area contributed by atoms with E-state index in [-0.39, 0.29) is 25.0 Å². The van der Waals surface area contributed by atoms with E-state index in [4.69, 9.17) is 4.74 Å². The Bertz CT molecular complexity index is 785. The molecule has 0 fully saturated rings. The molecule has 0 aliphatic rings. The monoisotopic (exact) mass is 464 g/mol. The number of halogens is 1. The van der Waals surface area contributed by atoms with Crippen LogP contribution in [0.4, 0.5) is 0 Å². The van der Waals surface area contributed by atoms with Crippen molar-refractivity contribution in [1.82, 2.24) is 10.6 Å². The molecule has 0 spiro atoms. The van der Waals surface area contributed by atoms with Crippen LogP contribution in [0.2, 0.25) is 0 Å². The summed E-state index contributed by atoms with van der Waals surface area (Å²) in [5.41, 5.74) is 0.433. The lowest BCUT2D eigenvalue weighted by molar-refractivity contribution is -0.147. The molecule has 2 aromatic rings. The lowest BCUT2D eigenvalue weighted by Gasteiger charge is -2.08. The van der Waals surface area contributed by atoms with E-state index in [1.165, 1.54) is 4.90 Å². The number of benzene rings is 2. The fraction of sp³-hybridized carbons (Fsp3) is 0.250. The number of rotatable bonds is 10. The van der Waals surface area contributed by atoms with E-state index in [2.05, 4.69) is 26.6 Å². The predicted octanol–water partition coefficient (Wildman–Crippen LogP) is 3.02. The van der Waals surface area contributed by atoms with Crippen molar-refractivity contribution >= 4 is 45.5 Å². The highest BCUT2D eigenvalue weighted by Crippen LogP contribution is 2.17. The van der Waals surface area contributed by atoms with Crippen molar-refractivity contribution in [2.24, 2.45) is 0 Å². The van der Waals surface area contributed by atoms with Gasteiger partial charge in [0.05, 0.1) is 0 Å². The van der Waals surface area contributed by atoms with Gasteiger partial charge < -0.3 is 15.4 Å². The molecule has 2 rings (SSSR count). The largest absolute Gasteiger partial charge is 0.454 e. The van der Waals surface area contributed by atoms with Crippen molar-refractivity contribution in [3.05, 3.63) is 64.6 Å². The van der Waals surface area contributed by atoms with Gasteiger partial charge in [-0.2, -0.15) is 0 Å². The molecule has 0 bridgehead atoms. The van der Waals surface area contributed by atoms with E-state index in [1.54, 1.807) is 36.0 Å². The highest BCUT2D eigenvalue weighted by Gasteiger charge is 2.10. The molecular weight excluding hydrogens is 444 g/mol. The second kappa shape index (κ2) is 12.2. The Labute approximate surface area is 176 Å². The smallest absolute Gasteiger partial charge is 0.325 e. The summed E-state index contributed by atoms with van der Waals surface area (Å²) in [6, 6.07) is 16.8. The van der Waals surface area contributed by atoms with Crippen LogP contribution in [0.25, 0.3) is 0 Å². The molecule has 2 N–H and O–H groups in total. The summed E-state index contributed by atoms with van der Waals surface area (Å²) in [7, 11) is 0. The number of hydrogen-bond donors (Lipinski definition) is 2. The van der Waals surface area contributed by atoms with Gasteiger partial charge in [0.2, 0.25) is 0 Å². The van der Waals surface area contributed by atoms with Gasteiger partial charge in [-0.15, -0.1) is 11.8 Å². The lowest BCUT2D eigenvalue weighted by Crippen LogP contribution is -2.34. The summed E-state index contributed by atoms with van der Waals surface area (Å²) in [6.45, 7) is -0.148. The van der Waals surface area contributed by atoms with Crippen LogP contribution < -0.4 is 10.6 Å². The molecule has 148 valence electrons. The summed E-state index contributed by atoms with van der Waals surface area (Å²) in [6.07, 6.45) is 0.808. The van der Waals surface area contributed by atoms with Gasteiger partial charge in [-0.25, -0.2) is 0 Å². The predicted molar refractivity (Wildman–Crippen MR) is 112 cm³/mol. The number of amides is 2. The zero-order chi connectivity index (χ0) is 20.2. The summed E-state index contributed by atoms with van der Waals surface area (Å²) in [5, 5.41) is 5.15. The maximum Gasteiger partial charge on any atom is 0.325 e. The number of thioether (sulfide) groups is 1. The molecule has 0 atom stereocenters. The Morgan fingerprint density at radius 3 is 2.39 bits per heavy atom. The van der Waals surface area contributed by atoms with Crippen LogP contribution in [-0.4, -0.2) is 43.2 Å². The van der Waals surface area contributed by atoms with Gasteiger partial charge in [-0.1, -0.05) is 34.1 Å². The number of carbonyl (C=O) groups excluding carboxylic acids is 3. The molecule has 0 aliphatic heterocycles. The van der Waals surface area contributed by atoms with Crippen LogP contribution in [0.3, 0.4) is 0 Å². The van der Waals surface area contributed by atoms with Crippen LogP contribution in [0.15, 0.2) is 64.0 Å². The van der Waals surface area contributed by atoms with E-state index < -0.39 is 5.97 Å². The van der Waals surface area contributed by atoms with Crippen LogP contribution in [-0.2, 0) is 14.3 Å². The molecule has 2 amide bonds. The SMILES string of the molecule is O=C(COC(=O)CNC(=O)c1ccc(Br)cc1)NCCCSc1ccccc1. The third-order valence-corrected chi connectivity index (χ3v) is 5.15. The maximum absolute atomic E-state index is 11.9. The topological polar surface area (TPSA) is 84.5 Å². The zero-order valence-electron chi connectivity index (χ0n) is 15.2. The molecule has 0 aliphatic carbocycles. The van der Waals surface area contributed by atoms with Crippen molar-refractivity contribution in [1.29, 1.82) is 0 Å². The average molecular weight is 465 g/mol. The van der Waals surface area contributed by atoms with E-state index in [9.17, 15) is 14.4 Å². The minimum atomic E-state index is -0.666. The molecule has 2 aromatic carbocycles. The Morgan fingerprint density at radius 2 is 1.68 bits per heavy atom. The molecule has 28 heavy (non-hydrogen) atoms. The van der Waals surface area contributed by atoms with Gasteiger partial charge in [0.1, 0.15) is 6.54 Å². The summed E-state index contributed by atoms with van der Waals surface area (Å²) in [5.74, 6) is -0.533. The number of hydrogen-bond acceptors (Lipinski definition) is 5. The summed E-state index contributed by atoms with van der Waals surface area (Å²) in [4.78, 5) is 36.4. The second-order valence-corrected chi connectivity index (χ2v) is 7.80. The van der Waals surface area contributed by atoms with Gasteiger partial charge in [-0.3, -0.25) is 14.4 Å². The number of carbonyl (C=O) groups is 3. The van der Waals surface area contributed by atoms with Crippen molar-refractivity contribution in [2.45, 2.75) is 11.3 Å². The Kier molecular flexibility index (Phi) is 9.57. The second-order valence-electron chi connectivity index (χ2n) is 5.72. The minimum absolute atomic E-state index is 0.296. The fourth-order valence-electron chi connectivity index (χ4n) is 2.11. The van der Waals surface area contributed by atoms with Crippen LogP contribution >= 0.6 is 27.7 Å². The molecule has 0 radical (unpaired) electrons. The maximum atomic E-state index is 11.9. The van der Waals surface area contributed by atoms with Crippen LogP contribution in [0.1, 0.15) is 16.8 Å². The Morgan fingerprint density at radius 1 is 0.964 bits per heavy atom. The lowest BCUT2D eigenvalue weighted by atomic mass is 10.2. The minimum Gasteiger partial charge on any atom is -0.454 e. The first kappa shape index (κ1) is 22.0. The number of ether oxygens (including phenoxy) is 1. The van der Waals surface area contributed by atoms with E-state index in [1.807, 2.05) is 30.3 Å². The van der Waals surface area contributed by atoms with E-state index in [0.717, 1.165) is 16.6 Å². The van der Waals surface area contributed by atoms with E-state index >= 15 is 0 Å². The van der Waals surface area contributed by atoms with Gasteiger partial charge in [0.25, 0.3) is 11.8 Å². The molecule has 0 saturated heterocycles. The first-order valence-corrected chi connectivity index (χ1v) is 10.5. The Hall–Kier alpha value is -2.32. The molecule has 0 heterocycles. The number of nitrogens with one attached hydrogen (secondary N) is 2. The van der Waals surface area contributed by atoms with Crippen LogP contribution in [0.5, 0.6) is 0 Å². The first-order chi connectivity index (χ1) is 13.5. The zero-order valence-corrected chi connectivity index (χ0v) is 17.6. The molecule has 8 heteroatoms. The molecule has 0 aromatic heterocycles. The third-order valence-electron chi connectivity index (χ3n) is 3.52. The van der Waals surface area contributed by atoms with E-state index in [0.29, 0.717) is 12.1 Å². The molecule has 0 saturated carbocycles. The van der Waals surface area contributed by atoms with Crippen LogP contribution in [0, 0.1) is 0 Å². The third kappa shape index (κ3) is 8.58. The van der Waals surface area contributed by atoms with Crippen molar-refractivity contribution in [3.8, 4) is 0 Å². The summed E-state index contributed by atoms with van der Waals surface area (Å²) < 4.78 is 5.71. The molecule has 6 nitrogen and oxygen atoms in total. The number of esters is 1. The highest BCUT2D eigenvalue weighted by atomic mass is 79.9. The highest BCUT2D eigenvalue weighted by molar-refractivity contribution is 9.10. The van der Waals surface area contributed by atoms with Crippen molar-refractivity contribution < 1.29 is 19.1 Å². The van der Waals surface area contributed by atoms with Crippen molar-refractivity contribution in [2.75, 3.05) is 25.4 Å². The normalized spacial score (nSPS) is 10.2. The molecule has 0 unspecified atom stereocenters. The van der Waals surface area contributed by atoms with Gasteiger partial charge in [0.15, 0.2) is 6.61 Å². The quantitative estimate of drug-likeness (QED) is 0.320. The Balaban J connectivity index is 1.53. The van der Waals surface area contributed by atoms with Gasteiger partial charge >= 0.3 is 5.97 Å². The van der Waals surface area contributed by atoms with Gasteiger partial charge in [-0.05, 0) is 48.6 Å². The average Bonchev–Trinajstić information content (AvgIpc) is 2.71. The standard InChI is InChI=1S/C20H21BrN2O4S/c21-16-9-7-15(8-10-16)20(26)23-13-19(25)27-14-18(24)22-11-4-12-28-17-5-2-1-3-6-17/h1-3,5-10H,4,11-14H2,(H,22,24)(H,23,26). The van der Waals surface area contributed by atoms with Gasteiger partial charge in [0, 0.05) is 21.5 Å². The molecular formula is C20H21BrN2O4S. The fourth-order valence-corrected chi connectivity index (χ4v) is 3.25.